The van der Waals surface area contributed by atoms with Crippen molar-refractivity contribution < 1.29 is 0 Å². The van der Waals surface area contributed by atoms with Gasteiger partial charge in [0.15, 0.2) is 5.16 Å². The van der Waals surface area contributed by atoms with Gasteiger partial charge in [0.25, 0.3) is 0 Å². The van der Waals surface area contributed by atoms with Gasteiger partial charge in [-0.15, -0.1) is 0 Å². The van der Waals surface area contributed by atoms with Crippen LogP contribution in [0.2, 0.25) is 0 Å². The van der Waals surface area contributed by atoms with Crippen LogP contribution in [0, 0.1) is 5.92 Å². The third-order valence-electron chi connectivity index (χ3n) is 3.52. The van der Waals surface area contributed by atoms with Gasteiger partial charge in [-0.3, -0.25) is 0 Å². The number of anilines is 2. The molecule has 2 rings (SSSR count). The lowest BCUT2D eigenvalue weighted by atomic mass is 10.1. The summed E-state index contributed by atoms with van der Waals surface area (Å²) in [6, 6.07) is 2.53. The Balaban J connectivity index is 2.28. The molecule has 0 amide bonds. The molecule has 1 aliphatic rings. The highest BCUT2D eigenvalue weighted by Gasteiger charge is 2.25. The number of hydrogen-bond donors (Lipinski definition) is 1. The molecule has 0 bridgehead atoms. The molecule has 1 fully saturated rings. The molecule has 4 nitrogen and oxygen atoms in total. The van der Waals surface area contributed by atoms with Crippen LogP contribution < -0.4 is 10.6 Å². The third-order valence-corrected chi connectivity index (χ3v) is 4.06. The van der Waals surface area contributed by atoms with Gasteiger partial charge in [0.1, 0.15) is 11.6 Å². The van der Waals surface area contributed by atoms with Crippen molar-refractivity contribution in [1.29, 1.82) is 0 Å². The van der Waals surface area contributed by atoms with E-state index in [1.54, 1.807) is 11.8 Å². The van der Waals surface area contributed by atoms with Gasteiger partial charge in [-0.2, -0.15) is 0 Å². The number of hydrogen-bond acceptors (Lipinski definition) is 5. The second kappa shape index (κ2) is 6.46. The summed E-state index contributed by atoms with van der Waals surface area (Å²) in [7, 11) is 0. The number of aromatic nitrogens is 2. The Kier molecular flexibility index (Phi) is 4.91. The molecule has 0 aromatic carbocycles. The molecule has 106 valence electrons. The van der Waals surface area contributed by atoms with Gasteiger partial charge in [0.05, 0.1) is 0 Å². The third kappa shape index (κ3) is 3.75. The quantitative estimate of drug-likeness (QED) is 0.663. The van der Waals surface area contributed by atoms with E-state index in [-0.39, 0.29) is 0 Å². The molecule has 0 aliphatic heterocycles. The van der Waals surface area contributed by atoms with Crippen LogP contribution in [0.15, 0.2) is 11.2 Å². The lowest BCUT2D eigenvalue weighted by Gasteiger charge is -2.32. The van der Waals surface area contributed by atoms with Crippen LogP contribution in [0.3, 0.4) is 0 Å². The second-order valence-electron chi connectivity index (χ2n) is 5.62. The van der Waals surface area contributed by atoms with Crippen LogP contribution in [0.4, 0.5) is 11.6 Å². The fraction of sp³-hybridized carbons (Fsp3) is 0.714. The van der Waals surface area contributed by atoms with Crippen molar-refractivity contribution in [2.45, 2.75) is 50.7 Å². The molecule has 1 saturated carbocycles. The maximum Gasteiger partial charge on any atom is 0.191 e. The van der Waals surface area contributed by atoms with E-state index in [2.05, 4.69) is 28.7 Å². The van der Waals surface area contributed by atoms with Crippen LogP contribution in [0.5, 0.6) is 0 Å². The molecule has 19 heavy (non-hydrogen) atoms. The zero-order chi connectivity index (χ0) is 13.8. The zero-order valence-corrected chi connectivity index (χ0v) is 12.9. The van der Waals surface area contributed by atoms with Gasteiger partial charge in [0.2, 0.25) is 0 Å². The van der Waals surface area contributed by atoms with Crippen molar-refractivity contribution >= 4 is 23.4 Å². The molecule has 1 aromatic heterocycles. The number of rotatable bonds is 5. The number of nitrogens with zero attached hydrogens (tertiary/aromatic N) is 3. The molecule has 2 N–H and O–H groups in total. The minimum atomic E-state index is 0.570. The molecular formula is C14H24N4S. The minimum absolute atomic E-state index is 0.570. The summed E-state index contributed by atoms with van der Waals surface area (Å²) in [6.07, 6.45) is 7.18. The Morgan fingerprint density at radius 2 is 2.05 bits per heavy atom. The van der Waals surface area contributed by atoms with Crippen LogP contribution in [-0.2, 0) is 0 Å². The summed E-state index contributed by atoms with van der Waals surface area (Å²) in [5, 5.41) is 0.766. The highest BCUT2D eigenvalue weighted by atomic mass is 32.2. The van der Waals surface area contributed by atoms with Crippen molar-refractivity contribution in [1.82, 2.24) is 9.97 Å². The van der Waals surface area contributed by atoms with Crippen molar-refractivity contribution in [3.63, 3.8) is 0 Å². The smallest absolute Gasteiger partial charge is 0.191 e. The second-order valence-corrected chi connectivity index (χ2v) is 6.40. The highest BCUT2D eigenvalue weighted by Crippen LogP contribution is 2.29. The van der Waals surface area contributed by atoms with E-state index in [4.69, 9.17) is 5.73 Å². The Bertz CT molecular complexity index is 416. The lowest BCUT2D eigenvalue weighted by molar-refractivity contribution is 0.529. The molecule has 0 unspecified atom stereocenters. The van der Waals surface area contributed by atoms with Gasteiger partial charge < -0.3 is 10.6 Å². The van der Waals surface area contributed by atoms with Gasteiger partial charge in [-0.25, -0.2) is 9.97 Å². The van der Waals surface area contributed by atoms with Gasteiger partial charge in [-0.1, -0.05) is 38.5 Å². The Labute approximate surface area is 120 Å². The summed E-state index contributed by atoms with van der Waals surface area (Å²) in [5.41, 5.74) is 5.91. The number of nitrogen functional groups attached to an aromatic ring is 1. The molecule has 0 atom stereocenters. The van der Waals surface area contributed by atoms with E-state index >= 15 is 0 Å². The Morgan fingerprint density at radius 1 is 1.37 bits per heavy atom. The zero-order valence-electron chi connectivity index (χ0n) is 12.1. The molecule has 0 spiro atoms. The monoisotopic (exact) mass is 280 g/mol. The minimum Gasteiger partial charge on any atom is -0.383 e. The predicted octanol–water partition coefficient (Wildman–Crippen LogP) is 3.19. The van der Waals surface area contributed by atoms with Gasteiger partial charge in [-0.05, 0) is 25.0 Å². The van der Waals surface area contributed by atoms with Gasteiger partial charge >= 0.3 is 0 Å². The number of thioether (sulfide) groups is 1. The van der Waals surface area contributed by atoms with E-state index in [1.807, 2.05) is 12.3 Å². The fourth-order valence-corrected chi connectivity index (χ4v) is 3.09. The number of nitrogens with two attached hydrogens (primary N) is 1. The van der Waals surface area contributed by atoms with E-state index in [1.165, 1.54) is 25.7 Å². The van der Waals surface area contributed by atoms with Crippen molar-refractivity contribution in [2.75, 3.05) is 23.4 Å². The molecule has 1 aromatic rings. The summed E-state index contributed by atoms with van der Waals surface area (Å²) < 4.78 is 0. The lowest BCUT2D eigenvalue weighted by Crippen LogP contribution is -2.37. The molecular weight excluding hydrogens is 256 g/mol. The normalized spacial score (nSPS) is 16.2. The first kappa shape index (κ1) is 14.4. The summed E-state index contributed by atoms with van der Waals surface area (Å²) in [4.78, 5) is 11.3. The summed E-state index contributed by atoms with van der Waals surface area (Å²) >= 11 is 1.55. The van der Waals surface area contributed by atoms with Crippen molar-refractivity contribution in [3.8, 4) is 0 Å². The van der Waals surface area contributed by atoms with Crippen LogP contribution in [-0.4, -0.2) is 28.8 Å². The highest BCUT2D eigenvalue weighted by molar-refractivity contribution is 7.98. The summed E-state index contributed by atoms with van der Waals surface area (Å²) in [5.74, 6) is 2.19. The average Bonchev–Trinajstić information content (AvgIpc) is 2.88. The molecule has 0 radical (unpaired) electrons. The average molecular weight is 280 g/mol. The molecule has 1 heterocycles. The van der Waals surface area contributed by atoms with Crippen LogP contribution >= 0.6 is 11.8 Å². The first-order chi connectivity index (χ1) is 9.10. The first-order valence-electron chi connectivity index (χ1n) is 7.05. The topological polar surface area (TPSA) is 55.0 Å². The van der Waals surface area contributed by atoms with E-state index in [9.17, 15) is 0 Å². The first-order valence-corrected chi connectivity index (χ1v) is 8.28. The van der Waals surface area contributed by atoms with Crippen molar-refractivity contribution in [3.05, 3.63) is 6.07 Å². The largest absolute Gasteiger partial charge is 0.383 e. The fourth-order valence-electron chi connectivity index (χ4n) is 2.71. The Morgan fingerprint density at radius 3 is 2.63 bits per heavy atom. The molecule has 1 aliphatic carbocycles. The van der Waals surface area contributed by atoms with E-state index < -0.39 is 0 Å². The summed E-state index contributed by atoms with van der Waals surface area (Å²) in [6.45, 7) is 5.54. The van der Waals surface area contributed by atoms with Crippen LogP contribution in [0.25, 0.3) is 0 Å². The van der Waals surface area contributed by atoms with E-state index in [0.29, 0.717) is 17.8 Å². The SMILES string of the molecule is CSc1nc(N)cc(N(CC(C)C)C2CCCC2)n1. The molecule has 0 saturated heterocycles. The van der Waals surface area contributed by atoms with Crippen LogP contribution in [0.1, 0.15) is 39.5 Å². The maximum absolute atomic E-state index is 5.91. The van der Waals surface area contributed by atoms with Gasteiger partial charge in [0, 0.05) is 18.7 Å². The molecule has 5 heteroatoms. The maximum atomic E-state index is 5.91. The van der Waals surface area contributed by atoms with Crippen molar-refractivity contribution in [2.24, 2.45) is 5.92 Å². The predicted molar refractivity (Wildman–Crippen MR) is 82.7 cm³/mol. The Hall–Kier alpha value is -0.970. The van der Waals surface area contributed by atoms with E-state index in [0.717, 1.165) is 17.5 Å². The standard InChI is InChI=1S/C14H24N4S/c1-10(2)9-18(11-6-4-5-7-11)13-8-12(15)16-14(17-13)19-3/h8,10-11H,4-7,9H2,1-3H3,(H2,15,16,17).